The topological polar surface area (TPSA) is 97.0 Å². The molecule has 0 radical (unpaired) electrons. The number of rotatable bonds is 5. The van der Waals surface area contributed by atoms with E-state index in [4.69, 9.17) is 10.5 Å². The number of hydrogen-bond acceptors (Lipinski definition) is 4. The molecule has 1 aromatic rings. The summed E-state index contributed by atoms with van der Waals surface area (Å²) in [5.41, 5.74) is 7.78. The van der Waals surface area contributed by atoms with E-state index in [1.807, 2.05) is 45.0 Å². The Kier molecular flexibility index (Phi) is 8.58. The molecule has 0 aliphatic carbocycles. The summed E-state index contributed by atoms with van der Waals surface area (Å²) in [5, 5.41) is 2.95. The SMILES string of the molecule is Cc1ccc(NC(N)=NCCS(=O)(=O)N2CC(C)OC(C)C2)cc1.I. The van der Waals surface area contributed by atoms with Gasteiger partial charge in [0.25, 0.3) is 0 Å². The zero-order valence-electron chi connectivity index (χ0n) is 14.8. The van der Waals surface area contributed by atoms with Crippen LogP contribution in [-0.2, 0) is 14.8 Å². The van der Waals surface area contributed by atoms with Crippen molar-refractivity contribution in [3.8, 4) is 0 Å². The minimum atomic E-state index is -3.36. The molecule has 1 fully saturated rings. The zero-order valence-corrected chi connectivity index (χ0v) is 18.0. The first kappa shape index (κ1) is 22.1. The second-order valence-electron chi connectivity index (χ2n) is 6.15. The van der Waals surface area contributed by atoms with Crippen molar-refractivity contribution in [2.45, 2.75) is 33.0 Å². The van der Waals surface area contributed by atoms with E-state index in [0.29, 0.717) is 13.1 Å². The van der Waals surface area contributed by atoms with E-state index >= 15 is 0 Å². The number of halogens is 1. The summed E-state index contributed by atoms with van der Waals surface area (Å²) >= 11 is 0. The van der Waals surface area contributed by atoms with Gasteiger partial charge in [0.05, 0.1) is 24.5 Å². The number of nitrogens with zero attached hydrogens (tertiary/aromatic N) is 2. The number of hydrogen-bond donors (Lipinski definition) is 2. The Morgan fingerprint density at radius 3 is 2.40 bits per heavy atom. The first-order chi connectivity index (χ1) is 11.3. The summed E-state index contributed by atoms with van der Waals surface area (Å²) in [5.74, 6) is 0.140. The lowest BCUT2D eigenvalue weighted by Gasteiger charge is -2.34. The maximum atomic E-state index is 12.4. The van der Waals surface area contributed by atoms with Crippen LogP contribution < -0.4 is 11.1 Å². The van der Waals surface area contributed by atoms with Gasteiger partial charge in [-0.05, 0) is 32.9 Å². The highest BCUT2D eigenvalue weighted by Gasteiger charge is 2.30. The van der Waals surface area contributed by atoms with E-state index < -0.39 is 10.0 Å². The summed E-state index contributed by atoms with van der Waals surface area (Å²) in [6.45, 7) is 6.63. The molecule has 0 amide bonds. The summed E-state index contributed by atoms with van der Waals surface area (Å²) in [6, 6.07) is 7.71. The molecule has 1 aliphatic rings. The fourth-order valence-corrected chi connectivity index (χ4v) is 4.05. The van der Waals surface area contributed by atoms with Crippen LogP contribution in [0.15, 0.2) is 29.3 Å². The van der Waals surface area contributed by atoms with Crippen molar-refractivity contribution in [3.63, 3.8) is 0 Å². The van der Waals surface area contributed by atoms with Crippen LogP contribution in [0.2, 0.25) is 0 Å². The van der Waals surface area contributed by atoms with Crippen LogP contribution in [0.4, 0.5) is 5.69 Å². The van der Waals surface area contributed by atoms with Crippen molar-refractivity contribution in [3.05, 3.63) is 29.8 Å². The van der Waals surface area contributed by atoms with Gasteiger partial charge in [-0.2, -0.15) is 4.31 Å². The maximum Gasteiger partial charge on any atom is 0.216 e. The van der Waals surface area contributed by atoms with Gasteiger partial charge >= 0.3 is 0 Å². The first-order valence-corrected chi connectivity index (χ1v) is 9.64. The fourth-order valence-electron chi connectivity index (χ4n) is 2.59. The molecule has 7 nitrogen and oxygen atoms in total. The lowest BCUT2D eigenvalue weighted by molar-refractivity contribution is -0.0440. The molecule has 2 unspecified atom stereocenters. The number of guanidine groups is 1. The summed E-state index contributed by atoms with van der Waals surface area (Å²) < 4.78 is 31.8. The summed E-state index contributed by atoms with van der Waals surface area (Å²) in [6.07, 6.45) is -0.194. The zero-order chi connectivity index (χ0) is 17.7. The van der Waals surface area contributed by atoms with E-state index in [1.165, 1.54) is 4.31 Å². The number of aryl methyl sites for hydroxylation is 1. The van der Waals surface area contributed by atoms with E-state index in [-0.39, 0.29) is 54.4 Å². The van der Waals surface area contributed by atoms with Crippen LogP contribution in [0.3, 0.4) is 0 Å². The van der Waals surface area contributed by atoms with Gasteiger partial charge < -0.3 is 15.8 Å². The van der Waals surface area contributed by atoms with Crippen LogP contribution in [0.25, 0.3) is 0 Å². The van der Waals surface area contributed by atoms with Gasteiger partial charge in [0.15, 0.2) is 5.96 Å². The molecule has 1 saturated heterocycles. The third-order valence-electron chi connectivity index (χ3n) is 3.73. The Balaban J connectivity index is 0.00000312. The summed E-state index contributed by atoms with van der Waals surface area (Å²) in [4.78, 5) is 4.11. The highest BCUT2D eigenvalue weighted by atomic mass is 127. The number of anilines is 1. The lowest BCUT2D eigenvalue weighted by atomic mass is 10.2. The molecule has 25 heavy (non-hydrogen) atoms. The number of nitrogens with one attached hydrogen (secondary N) is 1. The van der Waals surface area contributed by atoms with Gasteiger partial charge in [-0.25, -0.2) is 8.42 Å². The predicted molar refractivity (Wildman–Crippen MR) is 112 cm³/mol. The molecule has 2 rings (SSSR count). The van der Waals surface area contributed by atoms with Gasteiger partial charge in [0, 0.05) is 18.8 Å². The van der Waals surface area contributed by atoms with E-state index in [0.717, 1.165) is 11.3 Å². The predicted octanol–water partition coefficient (Wildman–Crippen LogP) is 1.78. The third-order valence-corrected chi connectivity index (χ3v) is 5.52. The molecule has 1 aliphatic heterocycles. The molecule has 1 heterocycles. The molecule has 0 saturated carbocycles. The van der Waals surface area contributed by atoms with E-state index in [2.05, 4.69) is 10.3 Å². The minimum absolute atomic E-state index is 0. The van der Waals surface area contributed by atoms with Crippen molar-refractivity contribution in [2.24, 2.45) is 10.7 Å². The molecule has 3 N–H and O–H groups in total. The number of morpholine rings is 1. The Hall–Kier alpha value is -0.910. The number of benzene rings is 1. The van der Waals surface area contributed by atoms with Crippen molar-refractivity contribution in [2.75, 3.05) is 30.7 Å². The molecule has 0 spiro atoms. The molecule has 9 heteroatoms. The number of sulfonamides is 1. The van der Waals surface area contributed by atoms with Crippen LogP contribution in [0.1, 0.15) is 19.4 Å². The van der Waals surface area contributed by atoms with Crippen LogP contribution >= 0.6 is 24.0 Å². The monoisotopic (exact) mass is 482 g/mol. The molecule has 2 atom stereocenters. The average molecular weight is 482 g/mol. The van der Waals surface area contributed by atoms with Gasteiger partial charge in [-0.15, -0.1) is 24.0 Å². The third kappa shape index (κ3) is 7.08. The maximum absolute atomic E-state index is 12.4. The Labute approximate surface area is 167 Å². The molecular weight excluding hydrogens is 455 g/mol. The van der Waals surface area contributed by atoms with Crippen LogP contribution in [0, 0.1) is 6.92 Å². The van der Waals surface area contributed by atoms with Gasteiger partial charge in [0.1, 0.15) is 0 Å². The van der Waals surface area contributed by atoms with Gasteiger partial charge in [0.2, 0.25) is 10.0 Å². The molecular formula is C16H27IN4O3S. The number of nitrogens with two attached hydrogens (primary N) is 1. The van der Waals surface area contributed by atoms with Crippen molar-refractivity contribution in [1.29, 1.82) is 0 Å². The number of aliphatic imine (C=N–C) groups is 1. The minimum Gasteiger partial charge on any atom is -0.373 e. The van der Waals surface area contributed by atoms with Crippen molar-refractivity contribution >= 4 is 45.6 Å². The first-order valence-electron chi connectivity index (χ1n) is 8.03. The van der Waals surface area contributed by atoms with Crippen molar-refractivity contribution in [1.82, 2.24) is 4.31 Å². The largest absolute Gasteiger partial charge is 0.373 e. The van der Waals surface area contributed by atoms with E-state index in [9.17, 15) is 8.42 Å². The highest BCUT2D eigenvalue weighted by Crippen LogP contribution is 2.14. The quantitative estimate of drug-likeness (QED) is 0.379. The number of ether oxygens (including phenoxy) is 1. The van der Waals surface area contributed by atoms with E-state index in [1.54, 1.807) is 0 Å². The van der Waals surface area contributed by atoms with Crippen molar-refractivity contribution < 1.29 is 13.2 Å². The standard InChI is InChI=1S/C16H26N4O3S.HI/c1-12-4-6-15(7-5-12)19-16(17)18-8-9-24(21,22)20-10-13(2)23-14(3)11-20;/h4-7,13-14H,8-11H2,1-3H3,(H3,17,18,19);1H. The molecule has 0 aromatic heterocycles. The van der Waals surface area contributed by atoms with Gasteiger partial charge in [-0.3, -0.25) is 4.99 Å². The van der Waals surface area contributed by atoms with Crippen LogP contribution in [0.5, 0.6) is 0 Å². The Morgan fingerprint density at radius 1 is 1.28 bits per heavy atom. The lowest BCUT2D eigenvalue weighted by Crippen LogP contribution is -2.49. The molecule has 1 aromatic carbocycles. The second kappa shape index (κ2) is 9.70. The summed E-state index contributed by atoms with van der Waals surface area (Å²) in [7, 11) is -3.36. The van der Waals surface area contributed by atoms with Crippen LogP contribution in [-0.4, -0.2) is 56.3 Å². The average Bonchev–Trinajstić information content (AvgIpc) is 2.48. The molecule has 142 valence electrons. The second-order valence-corrected chi connectivity index (χ2v) is 8.24. The van der Waals surface area contributed by atoms with Gasteiger partial charge in [-0.1, -0.05) is 17.7 Å². The highest BCUT2D eigenvalue weighted by molar-refractivity contribution is 14.0. The Morgan fingerprint density at radius 2 is 1.84 bits per heavy atom. The molecule has 0 bridgehead atoms. The normalized spacial score (nSPS) is 22.3. The Bertz CT molecular complexity index is 669. The fraction of sp³-hybridized carbons (Fsp3) is 0.562. The smallest absolute Gasteiger partial charge is 0.216 e.